The third-order valence-corrected chi connectivity index (χ3v) is 5.08. The van der Waals surface area contributed by atoms with E-state index in [1.54, 1.807) is 12.1 Å². The van der Waals surface area contributed by atoms with Crippen molar-refractivity contribution in [2.24, 2.45) is 5.92 Å². The molecule has 0 unspecified atom stereocenters. The van der Waals surface area contributed by atoms with Crippen LogP contribution in [-0.2, 0) is 5.60 Å². The maximum absolute atomic E-state index is 12.3. The first-order valence-electron chi connectivity index (χ1n) is 8.84. The Bertz CT molecular complexity index is 676. The van der Waals surface area contributed by atoms with Crippen molar-refractivity contribution in [1.29, 1.82) is 0 Å². The second-order valence-corrected chi connectivity index (χ2v) is 6.99. The molecule has 3 rings (SSSR count). The highest BCUT2D eigenvalue weighted by molar-refractivity contribution is 5.91. The van der Waals surface area contributed by atoms with Gasteiger partial charge in [-0.2, -0.15) is 0 Å². The van der Waals surface area contributed by atoms with Gasteiger partial charge in [0.25, 0.3) is 5.91 Å². The average molecular weight is 342 g/mol. The molecule has 0 aliphatic carbocycles. The van der Waals surface area contributed by atoms with Crippen molar-refractivity contribution in [3.63, 3.8) is 0 Å². The van der Waals surface area contributed by atoms with Crippen LogP contribution in [0.25, 0.3) is 0 Å². The molecule has 1 amide bonds. The lowest BCUT2D eigenvalue weighted by atomic mass is 9.82. The molecule has 1 aromatic carbocycles. The molecule has 0 bridgehead atoms. The number of hydrogen-bond acceptors (Lipinski definition) is 4. The van der Waals surface area contributed by atoms with E-state index < -0.39 is 5.60 Å². The number of amides is 1. The summed E-state index contributed by atoms with van der Waals surface area (Å²) in [5.74, 6) is 0.418. The molecular weight excluding hydrogens is 316 g/mol. The lowest BCUT2D eigenvalue weighted by Crippen LogP contribution is -2.53. The predicted octanol–water partition coefficient (Wildman–Crippen LogP) is 2.58. The summed E-state index contributed by atoms with van der Waals surface area (Å²) in [5.41, 5.74) is 0.0492. The molecule has 1 atom stereocenters. The predicted molar refractivity (Wildman–Crippen MR) is 96.2 cm³/mol. The van der Waals surface area contributed by atoms with Crippen molar-refractivity contribution < 1.29 is 14.3 Å². The minimum absolute atomic E-state index is 0.0631. The number of hydrogen-bond donors (Lipinski definition) is 1. The molecule has 2 aromatic rings. The maximum atomic E-state index is 12.3. The smallest absolute Gasteiger partial charge is 0.289 e. The van der Waals surface area contributed by atoms with Gasteiger partial charge in [-0.05, 0) is 23.6 Å². The van der Waals surface area contributed by atoms with Crippen LogP contribution in [-0.4, -0.2) is 53.5 Å². The van der Waals surface area contributed by atoms with Gasteiger partial charge in [-0.1, -0.05) is 44.2 Å². The van der Waals surface area contributed by atoms with Crippen LogP contribution in [0.1, 0.15) is 30.0 Å². The summed E-state index contributed by atoms with van der Waals surface area (Å²) in [4.78, 5) is 16.4. The molecule has 1 aliphatic rings. The lowest BCUT2D eigenvalue weighted by Gasteiger charge is -2.41. The minimum atomic E-state index is -0.894. The summed E-state index contributed by atoms with van der Waals surface area (Å²) in [6, 6.07) is 13.3. The standard InChI is InChI=1S/C20H26N2O3/c1-16(2)20(24,17-7-4-3-5-8-17)15-21-10-12-22(13-11-21)19(23)18-9-6-14-25-18/h3-9,14,16,24H,10-13,15H2,1-2H3/t20-/m1/s1. The molecule has 2 heterocycles. The molecule has 1 N–H and O–H groups in total. The van der Waals surface area contributed by atoms with Gasteiger partial charge < -0.3 is 14.4 Å². The average Bonchev–Trinajstić information content (AvgIpc) is 3.17. The van der Waals surface area contributed by atoms with Gasteiger partial charge >= 0.3 is 0 Å². The number of aliphatic hydroxyl groups is 1. The highest BCUT2D eigenvalue weighted by Crippen LogP contribution is 2.31. The van der Waals surface area contributed by atoms with E-state index in [2.05, 4.69) is 4.90 Å². The maximum Gasteiger partial charge on any atom is 0.289 e. The van der Waals surface area contributed by atoms with Crippen LogP contribution in [0.4, 0.5) is 0 Å². The molecule has 134 valence electrons. The molecular formula is C20H26N2O3. The van der Waals surface area contributed by atoms with Crippen molar-refractivity contribution in [3.05, 3.63) is 60.1 Å². The molecule has 0 spiro atoms. The van der Waals surface area contributed by atoms with Crippen LogP contribution in [0.2, 0.25) is 0 Å². The number of carbonyl (C=O) groups excluding carboxylic acids is 1. The molecule has 5 nitrogen and oxygen atoms in total. The number of piperazine rings is 1. The number of β-amino-alcohol motifs (C(OH)–C–C–N with tert-alkyl or cyclic N) is 1. The summed E-state index contributed by atoms with van der Waals surface area (Å²) in [5, 5.41) is 11.3. The van der Waals surface area contributed by atoms with Crippen LogP contribution in [0.15, 0.2) is 53.1 Å². The van der Waals surface area contributed by atoms with Gasteiger partial charge in [0.2, 0.25) is 0 Å². The Hall–Kier alpha value is -2.11. The van der Waals surface area contributed by atoms with Gasteiger partial charge in [0.1, 0.15) is 5.60 Å². The van der Waals surface area contributed by atoms with Crippen LogP contribution in [0, 0.1) is 5.92 Å². The highest BCUT2D eigenvalue weighted by Gasteiger charge is 2.36. The quantitative estimate of drug-likeness (QED) is 0.907. The molecule has 1 aromatic heterocycles. The number of rotatable bonds is 5. The Balaban J connectivity index is 1.63. The van der Waals surface area contributed by atoms with Gasteiger partial charge in [-0.15, -0.1) is 0 Å². The fourth-order valence-electron chi connectivity index (χ4n) is 3.34. The Morgan fingerprint density at radius 2 is 1.80 bits per heavy atom. The van der Waals surface area contributed by atoms with E-state index in [4.69, 9.17) is 4.42 Å². The number of nitrogens with zero attached hydrogens (tertiary/aromatic N) is 2. The zero-order chi connectivity index (χ0) is 17.9. The first-order chi connectivity index (χ1) is 12.0. The normalized spacial score (nSPS) is 18.3. The van der Waals surface area contributed by atoms with Crippen molar-refractivity contribution >= 4 is 5.91 Å². The monoisotopic (exact) mass is 342 g/mol. The van der Waals surface area contributed by atoms with Crippen LogP contribution in [0.5, 0.6) is 0 Å². The van der Waals surface area contributed by atoms with Crippen molar-refractivity contribution in [2.75, 3.05) is 32.7 Å². The second kappa shape index (κ2) is 7.42. The van der Waals surface area contributed by atoms with Gasteiger partial charge in [-0.3, -0.25) is 9.69 Å². The minimum Gasteiger partial charge on any atom is -0.459 e. The Labute approximate surface area is 148 Å². The SMILES string of the molecule is CC(C)[C@](O)(CN1CCN(C(=O)c2ccco2)CC1)c1ccccc1. The fourth-order valence-corrected chi connectivity index (χ4v) is 3.34. The zero-order valence-electron chi connectivity index (χ0n) is 14.9. The summed E-state index contributed by atoms with van der Waals surface area (Å²) >= 11 is 0. The van der Waals surface area contributed by atoms with Gasteiger partial charge in [0, 0.05) is 32.7 Å². The van der Waals surface area contributed by atoms with E-state index >= 15 is 0 Å². The molecule has 0 radical (unpaired) electrons. The van der Waals surface area contributed by atoms with Crippen LogP contribution >= 0.6 is 0 Å². The van der Waals surface area contributed by atoms with Gasteiger partial charge in [0.05, 0.1) is 6.26 Å². The van der Waals surface area contributed by atoms with E-state index in [-0.39, 0.29) is 11.8 Å². The van der Waals surface area contributed by atoms with E-state index in [9.17, 15) is 9.90 Å². The summed E-state index contributed by atoms with van der Waals surface area (Å²) < 4.78 is 5.20. The van der Waals surface area contributed by atoms with Crippen LogP contribution < -0.4 is 0 Å². The Morgan fingerprint density at radius 3 is 2.36 bits per heavy atom. The lowest BCUT2D eigenvalue weighted by molar-refractivity contribution is -0.0476. The van der Waals surface area contributed by atoms with E-state index in [0.717, 1.165) is 18.7 Å². The van der Waals surface area contributed by atoms with Gasteiger partial charge in [0.15, 0.2) is 5.76 Å². The fraction of sp³-hybridized carbons (Fsp3) is 0.450. The molecule has 1 fully saturated rings. The van der Waals surface area contributed by atoms with Crippen molar-refractivity contribution in [3.8, 4) is 0 Å². The summed E-state index contributed by atoms with van der Waals surface area (Å²) in [7, 11) is 0. The Morgan fingerprint density at radius 1 is 1.12 bits per heavy atom. The highest BCUT2D eigenvalue weighted by atomic mass is 16.3. The number of furan rings is 1. The largest absolute Gasteiger partial charge is 0.459 e. The second-order valence-electron chi connectivity index (χ2n) is 6.99. The molecule has 5 heteroatoms. The van der Waals surface area contributed by atoms with Crippen LogP contribution in [0.3, 0.4) is 0 Å². The first-order valence-corrected chi connectivity index (χ1v) is 8.84. The molecule has 0 saturated carbocycles. The summed E-state index contributed by atoms with van der Waals surface area (Å²) in [6.07, 6.45) is 1.52. The zero-order valence-corrected chi connectivity index (χ0v) is 14.9. The third kappa shape index (κ3) is 3.78. The molecule has 1 saturated heterocycles. The van der Waals surface area contributed by atoms with Crippen molar-refractivity contribution in [1.82, 2.24) is 9.80 Å². The summed E-state index contributed by atoms with van der Waals surface area (Å²) in [6.45, 7) is 7.43. The van der Waals surface area contributed by atoms with E-state index in [1.807, 2.05) is 49.1 Å². The third-order valence-electron chi connectivity index (χ3n) is 5.08. The topological polar surface area (TPSA) is 56.9 Å². The van der Waals surface area contributed by atoms with E-state index in [1.165, 1.54) is 6.26 Å². The number of carbonyl (C=O) groups is 1. The van der Waals surface area contributed by atoms with Gasteiger partial charge in [-0.25, -0.2) is 0 Å². The van der Waals surface area contributed by atoms with E-state index in [0.29, 0.717) is 25.4 Å². The molecule has 25 heavy (non-hydrogen) atoms. The van der Waals surface area contributed by atoms with Crippen molar-refractivity contribution in [2.45, 2.75) is 19.4 Å². The Kier molecular flexibility index (Phi) is 5.25. The molecule has 1 aliphatic heterocycles. The first kappa shape index (κ1) is 17.7. The number of benzene rings is 1.